The molecular formula is C34H26N2O. The van der Waals surface area contributed by atoms with E-state index < -0.39 is 0 Å². The molecule has 37 heavy (non-hydrogen) atoms. The fourth-order valence-corrected chi connectivity index (χ4v) is 5.57. The van der Waals surface area contributed by atoms with Crippen LogP contribution in [0.3, 0.4) is 0 Å². The summed E-state index contributed by atoms with van der Waals surface area (Å²) < 4.78 is 8.79. The van der Waals surface area contributed by atoms with Gasteiger partial charge in [-0.05, 0) is 91.6 Å². The predicted octanol–water partition coefficient (Wildman–Crippen LogP) is 9.18. The van der Waals surface area contributed by atoms with Gasteiger partial charge in [0, 0.05) is 27.6 Å². The Balaban J connectivity index is 1.47. The second kappa shape index (κ2) is 8.21. The van der Waals surface area contributed by atoms with Crippen LogP contribution in [0.15, 0.2) is 108 Å². The minimum absolute atomic E-state index is 0.925. The molecule has 0 amide bonds. The van der Waals surface area contributed by atoms with E-state index in [1.54, 1.807) is 0 Å². The van der Waals surface area contributed by atoms with Gasteiger partial charge in [-0.3, -0.25) is 4.57 Å². The first-order valence-electron chi connectivity index (χ1n) is 12.6. The zero-order valence-corrected chi connectivity index (χ0v) is 21.1. The fraction of sp³-hybridized carbons (Fsp3) is 0.0882. The number of rotatable bonds is 3. The highest BCUT2D eigenvalue weighted by molar-refractivity contribution is 6.11. The van der Waals surface area contributed by atoms with Crippen molar-refractivity contribution < 1.29 is 4.42 Å². The van der Waals surface area contributed by atoms with Crippen molar-refractivity contribution in [1.82, 2.24) is 9.55 Å². The van der Waals surface area contributed by atoms with Gasteiger partial charge >= 0.3 is 0 Å². The highest BCUT2D eigenvalue weighted by atomic mass is 16.3. The lowest BCUT2D eigenvalue weighted by Gasteiger charge is -2.11. The Morgan fingerprint density at radius 2 is 1.32 bits per heavy atom. The Bertz CT molecular complexity index is 1960. The molecule has 3 heteroatoms. The molecule has 0 unspecified atom stereocenters. The van der Waals surface area contributed by atoms with E-state index >= 15 is 0 Å². The zero-order valence-electron chi connectivity index (χ0n) is 21.1. The van der Waals surface area contributed by atoms with Gasteiger partial charge < -0.3 is 4.42 Å². The minimum Gasteiger partial charge on any atom is -0.455 e. The van der Waals surface area contributed by atoms with Crippen LogP contribution in [0.25, 0.3) is 61.2 Å². The Hall–Kier alpha value is -4.63. The largest absolute Gasteiger partial charge is 0.455 e. The number of furan rings is 1. The van der Waals surface area contributed by atoms with Crippen LogP contribution in [0.2, 0.25) is 0 Å². The van der Waals surface area contributed by atoms with Crippen LogP contribution in [0, 0.1) is 20.8 Å². The van der Waals surface area contributed by atoms with Crippen LogP contribution in [-0.4, -0.2) is 9.55 Å². The van der Waals surface area contributed by atoms with E-state index in [9.17, 15) is 0 Å². The first kappa shape index (κ1) is 21.6. The number of fused-ring (bicyclic) bond motifs is 4. The molecule has 5 aromatic carbocycles. The van der Waals surface area contributed by atoms with Gasteiger partial charge in [0.05, 0.1) is 11.0 Å². The molecule has 0 fully saturated rings. The first-order valence-corrected chi connectivity index (χ1v) is 12.6. The maximum Gasteiger partial charge on any atom is 0.145 e. The molecule has 2 heterocycles. The Kier molecular flexibility index (Phi) is 4.80. The standard InChI is InChI=1S/C34H26N2O/c1-21-16-23(3)32-28(18-21)29-19-22(2)17-27(33(29)37-32)24-10-9-11-25(20-24)34-35-30-14-7-8-15-31(30)36(34)26-12-5-4-6-13-26/h4-20H,1-3H3. The molecule has 0 atom stereocenters. The summed E-state index contributed by atoms with van der Waals surface area (Å²) in [5.74, 6) is 0.925. The van der Waals surface area contributed by atoms with E-state index in [4.69, 9.17) is 9.40 Å². The monoisotopic (exact) mass is 478 g/mol. The summed E-state index contributed by atoms with van der Waals surface area (Å²) in [6.07, 6.45) is 0. The third-order valence-electron chi connectivity index (χ3n) is 7.15. The summed E-state index contributed by atoms with van der Waals surface area (Å²) in [4.78, 5) is 5.07. The fourth-order valence-electron chi connectivity index (χ4n) is 5.57. The second-order valence-electron chi connectivity index (χ2n) is 9.93. The van der Waals surface area contributed by atoms with E-state index in [2.05, 4.69) is 116 Å². The Morgan fingerprint density at radius 3 is 2.16 bits per heavy atom. The van der Waals surface area contributed by atoms with E-state index in [1.165, 1.54) is 27.5 Å². The molecule has 7 rings (SSSR count). The summed E-state index contributed by atoms with van der Waals surface area (Å²) in [7, 11) is 0. The van der Waals surface area contributed by atoms with Crippen LogP contribution in [0.5, 0.6) is 0 Å². The van der Waals surface area contributed by atoms with Gasteiger partial charge in [0.1, 0.15) is 17.0 Å². The maximum absolute atomic E-state index is 6.54. The predicted molar refractivity (Wildman–Crippen MR) is 153 cm³/mol. The third-order valence-corrected chi connectivity index (χ3v) is 7.15. The van der Waals surface area contributed by atoms with Gasteiger partial charge in [0.2, 0.25) is 0 Å². The van der Waals surface area contributed by atoms with Gasteiger partial charge in [-0.25, -0.2) is 4.98 Å². The number of hydrogen-bond donors (Lipinski definition) is 0. The lowest BCUT2D eigenvalue weighted by Crippen LogP contribution is -1.97. The van der Waals surface area contributed by atoms with Gasteiger partial charge in [-0.2, -0.15) is 0 Å². The van der Waals surface area contributed by atoms with Crippen molar-refractivity contribution in [2.24, 2.45) is 0 Å². The molecule has 0 spiro atoms. The number of benzene rings is 5. The van der Waals surface area contributed by atoms with Gasteiger partial charge in [-0.1, -0.05) is 54.6 Å². The average molecular weight is 479 g/mol. The minimum atomic E-state index is 0.925. The Morgan fingerprint density at radius 1 is 0.622 bits per heavy atom. The van der Waals surface area contributed by atoms with Crippen LogP contribution in [0.4, 0.5) is 0 Å². The Labute approximate surface area is 215 Å². The van der Waals surface area contributed by atoms with Crippen LogP contribution in [-0.2, 0) is 0 Å². The number of imidazole rings is 1. The van der Waals surface area contributed by atoms with Crippen molar-refractivity contribution in [3.8, 4) is 28.2 Å². The summed E-state index contributed by atoms with van der Waals surface area (Å²) in [5.41, 5.74) is 12.0. The van der Waals surface area contributed by atoms with Gasteiger partial charge in [-0.15, -0.1) is 0 Å². The molecule has 3 nitrogen and oxygen atoms in total. The zero-order chi connectivity index (χ0) is 25.1. The quantitative estimate of drug-likeness (QED) is 0.253. The molecular weight excluding hydrogens is 452 g/mol. The smallest absolute Gasteiger partial charge is 0.145 e. The molecule has 0 aliphatic rings. The molecule has 178 valence electrons. The van der Waals surface area contributed by atoms with E-state index in [0.717, 1.165) is 50.4 Å². The first-order chi connectivity index (χ1) is 18.1. The summed E-state index contributed by atoms with van der Waals surface area (Å²) in [6.45, 7) is 6.42. The lowest BCUT2D eigenvalue weighted by molar-refractivity contribution is 0.666. The lowest BCUT2D eigenvalue weighted by atomic mass is 9.97. The SMILES string of the molecule is Cc1cc(C)c2oc3c(-c4cccc(-c5nc6ccccc6n5-c5ccccc5)c4)cc(C)cc3c2c1. The average Bonchev–Trinajstić information content (AvgIpc) is 3.48. The molecule has 7 aromatic rings. The molecule has 0 saturated carbocycles. The van der Waals surface area contributed by atoms with E-state index in [1.807, 2.05) is 12.1 Å². The van der Waals surface area contributed by atoms with Crippen molar-refractivity contribution in [3.63, 3.8) is 0 Å². The highest BCUT2D eigenvalue weighted by Crippen LogP contribution is 2.39. The summed E-state index contributed by atoms with van der Waals surface area (Å²) in [5, 5.41) is 2.35. The number of aromatic nitrogens is 2. The van der Waals surface area contributed by atoms with Crippen molar-refractivity contribution in [2.45, 2.75) is 20.8 Å². The number of aryl methyl sites for hydroxylation is 3. The van der Waals surface area contributed by atoms with E-state index in [0.29, 0.717) is 0 Å². The van der Waals surface area contributed by atoms with Crippen LogP contribution >= 0.6 is 0 Å². The van der Waals surface area contributed by atoms with E-state index in [-0.39, 0.29) is 0 Å². The van der Waals surface area contributed by atoms with Gasteiger partial charge in [0.25, 0.3) is 0 Å². The maximum atomic E-state index is 6.54. The number of hydrogen-bond acceptors (Lipinski definition) is 2. The molecule has 0 saturated heterocycles. The van der Waals surface area contributed by atoms with Crippen LogP contribution < -0.4 is 0 Å². The molecule has 0 aliphatic heterocycles. The van der Waals surface area contributed by atoms with Crippen molar-refractivity contribution in [3.05, 3.63) is 120 Å². The number of nitrogens with zero attached hydrogens (tertiary/aromatic N) is 2. The van der Waals surface area contributed by atoms with Crippen molar-refractivity contribution in [1.29, 1.82) is 0 Å². The molecule has 0 N–H and O–H groups in total. The molecule has 2 aromatic heterocycles. The molecule has 0 aliphatic carbocycles. The third kappa shape index (κ3) is 3.47. The molecule has 0 radical (unpaired) electrons. The number of para-hydroxylation sites is 3. The topological polar surface area (TPSA) is 31.0 Å². The second-order valence-corrected chi connectivity index (χ2v) is 9.93. The van der Waals surface area contributed by atoms with Crippen LogP contribution in [0.1, 0.15) is 16.7 Å². The summed E-state index contributed by atoms with van der Waals surface area (Å²) in [6, 6.07) is 36.3. The summed E-state index contributed by atoms with van der Waals surface area (Å²) >= 11 is 0. The normalized spacial score (nSPS) is 11.6. The highest BCUT2D eigenvalue weighted by Gasteiger charge is 2.18. The van der Waals surface area contributed by atoms with Crippen molar-refractivity contribution in [2.75, 3.05) is 0 Å². The van der Waals surface area contributed by atoms with Crippen molar-refractivity contribution >= 4 is 33.0 Å². The van der Waals surface area contributed by atoms with Gasteiger partial charge in [0.15, 0.2) is 0 Å². The molecule has 0 bridgehead atoms.